The van der Waals surface area contributed by atoms with Crippen molar-refractivity contribution < 1.29 is 27.9 Å². The van der Waals surface area contributed by atoms with E-state index >= 15 is 0 Å². The van der Waals surface area contributed by atoms with E-state index in [0.29, 0.717) is 18.0 Å². The van der Waals surface area contributed by atoms with Gasteiger partial charge in [-0.25, -0.2) is 8.42 Å². The maximum atomic E-state index is 13.1. The fourth-order valence-corrected chi connectivity index (χ4v) is 5.22. The molecule has 38 heavy (non-hydrogen) atoms. The van der Waals surface area contributed by atoms with Gasteiger partial charge in [0.2, 0.25) is 9.84 Å². The Balaban J connectivity index is 1.56. The molecule has 0 fully saturated rings. The molecule has 3 aromatic rings. The van der Waals surface area contributed by atoms with Gasteiger partial charge >= 0.3 is 5.97 Å². The van der Waals surface area contributed by atoms with Crippen LogP contribution in [0, 0.1) is 0 Å². The highest BCUT2D eigenvalue weighted by Gasteiger charge is 2.19. The normalized spacial score (nSPS) is 12.9. The van der Waals surface area contributed by atoms with E-state index in [0.717, 1.165) is 11.1 Å². The Morgan fingerprint density at radius 3 is 2.24 bits per heavy atom. The summed E-state index contributed by atoms with van der Waals surface area (Å²) in [5, 5.41) is 16.7. The topological polar surface area (TPSA) is 122 Å². The molecule has 0 unspecified atom stereocenters. The number of carbonyl (C=O) groups is 2. The monoisotopic (exact) mass is 558 g/mol. The van der Waals surface area contributed by atoms with Crippen LogP contribution in [0.3, 0.4) is 0 Å². The van der Waals surface area contributed by atoms with E-state index in [-0.39, 0.29) is 34.5 Å². The molecule has 3 N–H and O–H groups in total. The third kappa shape index (κ3) is 8.13. The summed E-state index contributed by atoms with van der Waals surface area (Å²) in [6.45, 7) is 3.95. The Morgan fingerprint density at radius 2 is 1.63 bits per heavy atom. The summed E-state index contributed by atoms with van der Waals surface area (Å²) in [4.78, 5) is 23.8. The van der Waals surface area contributed by atoms with Crippen LogP contribution in [0.1, 0.15) is 41.4 Å². The van der Waals surface area contributed by atoms with Gasteiger partial charge in [-0.15, -0.1) is 0 Å². The summed E-state index contributed by atoms with van der Waals surface area (Å²) in [5.74, 6) is -1.06. The molecular weight excluding hydrogens is 528 g/mol. The summed E-state index contributed by atoms with van der Waals surface area (Å²) >= 11 is 5.99. The molecule has 202 valence electrons. The van der Waals surface area contributed by atoms with Crippen molar-refractivity contribution >= 4 is 33.3 Å². The third-order valence-electron chi connectivity index (χ3n) is 5.79. The number of sulfone groups is 1. The van der Waals surface area contributed by atoms with Crippen molar-refractivity contribution in [2.24, 2.45) is 0 Å². The van der Waals surface area contributed by atoms with Gasteiger partial charge in [-0.2, -0.15) is 0 Å². The van der Waals surface area contributed by atoms with Crippen molar-refractivity contribution in [3.05, 3.63) is 94.5 Å². The maximum absolute atomic E-state index is 13.1. The SMILES string of the molecule is CCOC(=O)CNC(=O)c1ccc(S(=O)(=O)c2ccc(C[C@@H](C)NC[C@H](O)c3cccc(Cl)c3)cc2)cc1. The molecule has 3 aromatic carbocycles. The zero-order valence-corrected chi connectivity index (χ0v) is 22.8. The quantitative estimate of drug-likeness (QED) is 0.290. The lowest BCUT2D eigenvalue weighted by atomic mass is 10.1. The Kier molecular flexibility index (Phi) is 10.4. The molecule has 8 nitrogen and oxygen atoms in total. The van der Waals surface area contributed by atoms with Crippen LogP contribution in [0.15, 0.2) is 82.6 Å². The molecular formula is C28H31ClN2O6S. The number of hydrogen-bond acceptors (Lipinski definition) is 7. The summed E-state index contributed by atoms with van der Waals surface area (Å²) in [5.41, 5.74) is 1.90. The second-order valence-electron chi connectivity index (χ2n) is 8.74. The van der Waals surface area contributed by atoms with Crippen molar-refractivity contribution in [2.45, 2.75) is 42.2 Å². The van der Waals surface area contributed by atoms with Gasteiger partial charge in [0.05, 0.1) is 22.5 Å². The van der Waals surface area contributed by atoms with Crippen molar-refractivity contribution in [3.63, 3.8) is 0 Å². The molecule has 0 aliphatic carbocycles. The molecule has 0 saturated heterocycles. The molecule has 0 saturated carbocycles. The summed E-state index contributed by atoms with van der Waals surface area (Å²) < 4.78 is 30.9. The van der Waals surface area contributed by atoms with Gasteiger partial charge < -0.3 is 20.5 Å². The number of rotatable bonds is 12. The highest BCUT2D eigenvalue weighted by molar-refractivity contribution is 7.91. The van der Waals surface area contributed by atoms with Crippen molar-refractivity contribution in [1.29, 1.82) is 0 Å². The van der Waals surface area contributed by atoms with Crippen LogP contribution in [0.2, 0.25) is 5.02 Å². The first-order valence-corrected chi connectivity index (χ1v) is 14.0. The number of halogens is 1. The van der Waals surface area contributed by atoms with Crippen LogP contribution in [0.5, 0.6) is 0 Å². The number of carbonyl (C=O) groups excluding carboxylic acids is 2. The second kappa shape index (κ2) is 13.5. The van der Waals surface area contributed by atoms with Crippen LogP contribution in [0.4, 0.5) is 0 Å². The minimum absolute atomic E-state index is 0.0359. The second-order valence-corrected chi connectivity index (χ2v) is 11.1. The zero-order chi connectivity index (χ0) is 27.7. The minimum Gasteiger partial charge on any atom is -0.465 e. The highest BCUT2D eigenvalue weighted by Crippen LogP contribution is 2.22. The average Bonchev–Trinajstić information content (AvgIpc) is 2.91. The lowest BCUT2D eigenvalue weighted by molar-refractivity contribution is -0.141. The summed E-state index contributed by atoms with van der Waals surface area (Å²) in [6, 6.07) is 19.3. The van der Waals surface area contributed by atoms with Crippen molar-refractivity contribution in [1.82, 2.24) is 10.6 Å². The van der Waals surface area contributed by atoms with Gasteiger partial charge in [-0.1, -0.05) is 35.9 Å². The number of ether oxygens (including phenoxy) is 1. The molecule has 0 bridgehead atoms. The first kappa shape index (κ1) is 29.3. The van der Waals surface area contributed by atoms with Crippen LogP contribution < -0.4 is 10.6 Å². The number of nitrogens with one attached hydrogen (secondary N) is 2. The molecule has 0 heterocycles. The fraction of sp³-hybridized carbons (Fsp3) is 0.286. The number of aliphatic hydroxyl groups excluding tert-OH is 1. The minimum atomic E-state index is -3.78. The van der Waals surface area contributed by atoms with Gasteiger partial charge in [-0.05, 0) is 79.9 Å². The Hall–Kier alpha value is -3.24. The molecule has 0 aliphatic rings. The first-order chi connectivity index (χ1) is 18.1. The largest absolute Gasteiger partial charge is 0.465 e. The molecule has 0 radical (unpaired) electrons. The molecule has 3 rings (SSSR count). The van der Waals surface area contributed by atoms with E-state index in [2.05, 4.69) is 10.6 Å². The molecule has 10 heteroatoms. The van der Waals surface area contributed by atoms with Gasteiger partial charge in [0.1, 0.15) is 6.54 Å². The lowest BCUT2D eigenvalue weighted by Gasteiger charge is -2.18. The molecule has 0 spiro atoms. The number of benzene rings is 3. The molecule has 2 atom stereocenters. The standard InChI is InChI=1S/C28H31ClN2O6S/c1-3-37-27(33)18-31-28(34)21-9-13-25(14-10-21)38(35,36)24-11-7-20(8-12-24)15-19(2)30-17-26(32)22-5-4-6-23(29)16-22/h4-14,16,19,26,30,32H,3,15,17-18H2,1-2H3,(H,31,34)/t19-,26+/m1/s1. The average molecular weight is 559 g/mol. The Labute approximate surface area is 227 Å². The Bertz CT molecular complexity index is 1340. The maximum Gasteiger partial charge on any atom is 0.325 e. The molecule has 0 aliphatic heterocycles. The van der Waals surface area contributed by atoms with E-state index in [1.165, 1.54) is 24.3 Å². The lowest BCUT2D eigenvalue weighted by Crippen LogP contribution is -2.32. The molecule has 0 aromatic heterocycles. The number of esters is 1. The summed E-state index contributed by atoms with van der Waals surface area (Å²) in [6.07, 6.45) is -0.0585. The van der Waals surface area contributed by atoms with Crippen molar-refractivity contribution in [2.75, 3.05) is 19.7 Å². The number of aliphatic hydroxyl groups is 1. The zero-order valence-electron chi connectivity index (χ0n) is 21.2. The van der Waals surface area contributed by atoms with Crippen LogP contribution in [0.25, 0.3) is 0 Å². The van der Waals surface area contributed by atoms with Gasteiger partial charge in [0, 0.05) is 23.2 Å². The van der Waals surface area contributed by atoms with Crippen molar-refractivity contribution in [3.8, 4) is 0 Å². The smallest absolute Gasteiger partial charge is 0.325 e. The van der Waals surface area contributed by atoms with Gasteiger partial charge in [0.15, 0.2) is 0 Å². The van der Waals surface area contributed by atoms with Gasteiger partial charge in [-0.3, -0.25) is 9.59 Å². The number of amides is 1. The predicted molar refractivity (Wildman–Crippen MR) is 145 cm³/mol. The fourth-order valence-electron chi connectivity index (χ4n) is 3.76. The van der Waals surface area contributed by atoms with E-state index < -0.39 is 27.8 Å². The van der Waals surface area contributed by atoms with Crippen LogP contribution in [-0.2, 0) is 25.8 Å². The predicted octanol–water partition coefficient (Wildman–Crippen LogP) is 3.72. The first-order valence-electron chi connectivity index (χ1n) is 12.1. The van der Waals surface area contributed by atoms with E-state index in [1.54, 1.807) is 49.4 Å². The molecule has 1 amide bonds. The Morgan fingerprint density at radius 1 is 1.00 bits per heavy atom. The van der Waals surface area contributed by atoms with E-state index in [1.807, 2.05) is 13.0 Å². The van der Waals surface area contributed by atoms with Crippen LogP contribution >= 0.6 is 11.6 Å². The summed E-state index contributed by atoms with van der Waals surface area (Å²) in [7, 11) is -3.78. The van der Waals surface area contributed by atoms with E-state index in [9.17, 15) is 23.1 Å². The van der Waals surface area contributed by atoms with E-state index in [4.69, 9.17) is 16.3 Å². The highest BCUT2D eigenvalue weighted by atomic mass is 35.5. The third-order valence-corrected chi connectivity index (χ3v) is 7.81. The van der Waals surface area contributed by atoms with Crippen LogP contribution in [-0.4, -0.2) is 51.1 Å². The van der Waals surface area contributed by atoms with Gasteiger partial charge in [0.25, 0.3) is 5.91 Å². The number of hydrogen-bond donors (Lipinski definition) is 3.